The number of benzene rings is 1. The van der Waals surface area contributed by atoms with Crippen molar-refractivity contribution in [1.82, 2.24) is 4.98 Å². The number of nitrogens with zero attached hydrogens (tertiary/aromatic N) is 1. The van der Waals surface area contributed by atoms with Gasteiger partial charge >= 0.3 is 0 Å². The van der Waals surface area contributed by atoms with Crippen molar-refractivity contribution < 1.29 is 9.47 Å². The van der Waals surface area contributed by atoms with Gasteiger partial charge in [0, 0.05) is 22.0 Å². The van der Waals surface area contributed by atoms with E-state index in [1.807, 2.05) is 23.0 Å². The van der Waals surface area contributed by atoms with Crippen molar-refractivity contribution in [1.29, 1.82) is 0 Å². The molecule has 1 aromatic carbocycles. The van der Waals surface area contributed by atoms with E-state index in [9.17, 15) is 0 Å². The van der Waals surface area contributed by atoms with Gasteiger partial charge in [-0.15, -0.1) is 11.3 Å². The zero-order chi connectivity index (χ0) is 13.2. The summed E-state index contributed by atoms with van der Waals surface area (Å²) in [6, 6.07) is 4.04. The summed E-state index contributed by atoms with van der Waals surface area (Å²) in [5, 5.41) is 5.47. The van der Waals surface area contributed by atoms with E-state index in [0.29, 0.717) is 13.2 Å². The molecule has 2 aromatic rings. The van der Waals surface area contributed by atoms with Crippen LogP contribution in [0.4, 0.5) is 5.69 Å². The van der Waals surface area contributed by atoms with Crippen molar-refractivity contribution in [2.75, 3.05) is 18.5 Å². The molecule has 3 rings (SSSR count). The van der Waals surface area contributed by atoms with E-state index in [0.717, 1.165) is 27.4 Å². The number of halogens is 1. The van der Waals surface area contributed by atoms with Crippen LogP contribution in [0.25, 0.3) is 0 Å². The number of fused-ring (bicyclic) bond motifs is 1. The standard InChI is InChI=1S/C13H13BrN2O2S/c1-8(11-6-19-7-15-11)16-10-5-13-12(4-9(10)14)17-2-3-18-13/h4-8,16H,2-3H2,1H3. The third-order valence-electron chi connectivity index (χ3n) is 2.90. The van der Waals surface area contributed by atoms with Gasteiger partial charge in [0.25, 0.3) is 0 Å². The molecule has 1 atom stereocenters. The Morgan fingerprint density at radius 1 is 1.32 bits per heavy atom. The number of aromatic nitrogens is 1. The first-order valence-corrected chi connectivity index (χ1v) is 7.71. The summed E-state index contributed by atoms with van der Waals surface area (Å²) >= 11 is 5.15. The van der Waals surface area contributed by atoms with Gasteiger partial charge in [0.2, 0.25) is 0 Å². The number of nitrogens with one attached hydrogen (secondary N) is 1. The highest BCUT2D eigenvalue weighted by molar-refractivity contribution is 9.10. The largest absolute Gasteiger partial charge is 0.486 e. The topological polar surface area (TPSA) is 43.4 Å². The van der Waals surface area contributed by atoms with E-state index in [4.69, 9.17) is 9.47 Å². The maximum atomic E-state index is 5.59. The molecule has 1 aliphatic heterocycles. The smallest absolute Gasteiger partial charge is 0.163 e. The van der Waals surface area contributed by atoms with Crippen LogP contribution >= 0.6 is 27.3 Å². The molecule has 100 valence electrons. The third kappa shape index (κ3) is 2.69. The van der Waals surface area contributed by atoms with Gasteiger partial charge in [0.05, 0.1) is 22.9 Å². The second-order valence-electron chi connectivity index (χ2n) is 4.26. The van der Waals surface area contributed by atoms with Crippen LogP contribution in [-0.2, 0) is 0 Å². The van der Waals surface area contributed by atoms with Crippen LogP contribution in [0, 0.1) is 0 Å². The SMILES string of the molecule is CC(Nc1cc2c(cc1Br)OCCO2)c1cscn1. The van der Waals surface area contributed by atoms with Crippen LogP contribution in [0.5, 0.6) is 11.5 Å². The van der Waals surface area contributed by atoms with E-state index < -0.39 is 0 Å². The molecule has 1 unspecified atom stereocenters. The third-order valence-corrected chi connectivity index (χ3v) is 4.16. The fourth-order valence-corrected chi connectivity index (χ4v) is 3.00. The van der Waals surface area contributed by atoms with E-state index in [2.05, 4.69) is 33.2 Å². The molecule has 0 saturated heterocycles. The highest BCUT2D eigenvalue weighted by atomic mass is 79.9. The summed E-state index contributed by atoms with van der Waals surface area (Å²) in [5.74, 6) is 1.56. The number of hydrogen-bond acceptors (Lipinski definition) is 5. The van der Waals surface area contributed by atoms with Gasteiger partial charge in [-0.25, -0.2) is 4.98 Å². The molecule has 1 aliphatic rings. The van der Waals surface area contributed by atoms with Crippen molar-refractivity contribution in [2.45, 2.75) is 13.0 Å². The van der Waals surface area contributed by atoms with Crippen LogP contribution < -0.4 is 14.8 Å². The van der Waals surface area contributed by atoms with Crippen molar-refractivity contribution in [2.24, 2.45) is 0 Å². The molecule has 0 aliphatic carbocycles. The Bertz CT molecular complexity index is 574. The molecule has 0 fully saturated rings. The fourth-order valence-electron chi connectivity index (χ4n) is 1.92. The molecule has 19 heavy (non-hydrogen) atoms. The van der Waals surface area contributed by atoms with Crippen molar-refractivity contribution in [3.05, 3.63) is 33.2 Å². The van der Waals surface area contributed by atoms with Gasteiger partial charge in [-0.2, -0.15) is 0 Å². The van der Waals surface area contributed by atoms with Gasteiger partial charge in [-0.1, -0.05) is 0 Å². The van der Waals surface area contributed by atoms with Crippen LogP contribution in [0.15, 0.2) is 27.5 Å². The molecule has 2 heterocycles. The lowest BCUT2D eigenvalue weighted by Crippen LogP contribution is -2.16. The van der Waals surface area contributed by atoms with E-state index in [1.165, 1.54) is 0 Å². The first-order valence-electron chi connectivity index (χ1n) is 5.98. The summed E-state index contributed by atoms with van der Waals surface area (Å²) in [4.78, 5) is 4.31. The van der Waals surface area contributed by atoms with E-state index >= 15 is 0 Å². The maximum absolute atomic E-state index is 5.59. The molecule has 0 amide bonds. The first-order chi connectivity index (χ1) is 9.24. The van der Waals surface area contributed by atoms with Crippen LogP contribution in [0.1, 0.15) is 18.7 Å². The lowest BCUT2D eigenvalue weighted by molar-refractivity contribution is 0.171. The number of thiazole rings is 1. The molecular formula is C13H13BrN2O2S. The van der Waals surface area contributed by atoms with Gasteiger partial charge < -0.3 is 14.8 Å². The Morgan fingerprint density at radius 2 is 2.05 bits per heavy atom. The highest BCUT2D eigenvalue weighted by Crippen LogP contribution is 2.39. The quantitative estimate of drug-likeness (QED) is 0.921. The van der Waals surface area contributed by atoms with Gasteiger partial charge in [-0.3, -0.25) is 0 Å². The average Bonchev–Trinajstić information content (AvgIpc) is 2.93. The lowest BCUT2D eigenvalue weighted by Gasteiger charge is -2.21. The van der Waals surface area contributed by atoms with Crippen molar-refractivity contribution in [3.8, 4) is 11.5 Å². The minimum absolute atomic E-state index is 0.144. The minimum atomic E-state index is 0.144. The Morgan fingerprint density at radius 3 is 2.74 bits per heavy atom. The molecule has 0 spiro atoms. The second kappa shape index (κ2) is 5.38. The van der Waals surface area contributed by atoms with Crippen molar-refractivity contribution >= 4 is 33.0 Å². The van der Waals surface area contributed by atoms with Gasteiger partial charge in [0.1, 0.15) is 13.2 Å². The molecule has 6 heteroatoms. The summed E-state index contributed by atoms with van der Waals surface area (Å²) < 4.78 is 12.1. The number of hydrogen-bond donors (Lipinski definition) is 1. The van der Waals surface area contributed by atoms with Crippen LogP contribution in [0.2, 0.25) is 0 Å². The van der Waals surface area contributed by atoms with Gasteiger partial charge in [0.15, 0.2) is 11.5 Å². The Balaban J connectivity index is 1.84. The highest BCUT2D eigenvalue weighted by Gasteiger charge is 2.16. The molecule has 0 saturated carbocycles. The maximum Gasteiger partial charge on any atom is 0.163 e. The predicted octanol–water partition coefficient (Wildman–Crippen LogP) is 3.85. The fraction of sp³-hybridized carbons (Fsp3) is 0.308. The van der Waals surface area contributed by atoms with Crippen LogP contribution in [-0.4, -0.2) is 18.2 Å². The molecule has 4 nitrogen and oxygen atoms in total. The average molecular weight is 341 g/mol. The summed E-state index contributed by atoms with van der Waals surface area (Å²) in [5.41, 5.74) is 3.85. The number of anilines is 1. The summed E-state index contributed by atoms with van der Waals surface area (Å²) in [7, 11) is 0. The lowest BCUT2D eigenvalue weighted by atomic mass is 10.2. The van der Waals surface area contributed by atoms with E-state index in [-0.39, 0.29) is 6.04 Å². The van der Waals surface area contributed by atoms with E-state index in [1.54, 1.807) is 11.3 Å². The van der Waals surface area contributed by atoms with Crippen molar-refractivity contribution in [3.63, 3.8) is 0 Å². The number of ether oxygens (including phenoxy) is 2. The molecule has 1 aromatic heterocycles. The normalized spacial score (nSPS) is 15.1. The monoisotopic (exact) mass is 340 g/mol. The Labute approximate surface area is 123 Å². The molecule has 1 N–H and O–H groups in total. The Kier molecular flexibility index (Phi) is 3.61. The first kappa shape index (κ1) is 12.7. The zero-order valence-corrected chi connectivity index (χ0v) is 12.8. The van der Waals surface area contributed by atoms with Gasteiger partial charge in [-0.05, 0) is 22.9 Å². The molecule has 0 radical (unpaired) electrons. The zero-order valence-electron chi connectivity index (χ0n) is 10.4. The predicted molar refractivity (Wildman–Crippen MR) is 79.3 cm³/mol. The summed E-state index contributed by atoms with van der Waals surface area (Å²) in [6.07, 6.45) is 0. The minimum Gasteiger partial charge on any atom is -0.486 e. The summed E-state index contributed by atoms with van der Waals surface area (Å²) in [6.45, 7) is 3.27. The molecule has 0 bridgehead atoms. The second-order valence-corrected chi connectivity index (χ2v) is 5.83. The number of rotatable bonds is 3. The molecular weight excluding hydrogens is 328 g/mol. The Hall–Kier alpha value is -1.27. The van der Waals surface area contributed by atoms with Crippen LogP contribution in [0.3, 0.4) is 0 Å².